The van der Waals surface area contributed by atoms with E-state index in [0.29, 0.717) is 11.4 Å². The highest BCUT2D eigenvalue weighted by atomic mass is 35.5. The van der Waals surface area contributed by atoms with E-state index in [2.05, 4.69) is 5.32 Å². The van der Waals surface area contributed by atoms with Gasteiger partial charge in [0.05, 0.1) is 29.9 Å². The predicted molar refractivity (Wildman–Crippen MR) is 111 cm³/mol. The third kappa shape index (κ3) is 5.28. The number of rotatable bonds is 5. The number of nitrogens with one attached hydrogen (secondary N) is 1. The Balaban J connectivity index is 0.00000364. The van der Waals surface area contributed by atoms with Crippen LogP contribution >= 0.6 is 24.0 Å². The van der Waals surface area contributed by atoms with Gasteiger partial charge in [-0.05, 0) is 31.0 Å². The molecule has 0 unspecified atom stereocenters. The lowest BCUT2D eigenvalue weighted by molar-refractivity contribution is -0.116. The molecule has 0 aliphatic carbocycles. The Labute approximate surface area is 170 Å². The minimum Gasteiger partial charge on any atom is -0.496 e. The van der Waals surface area contributed by atoms with E-state index in [1.165, 1.54) is 31.2 Å². The van der Waals surface area contributed by atoms with Crippen molar-refractivity contribution in [1.82, 2.24) is 4.90 Å². The number of benzene rings is 2. The van der Waals surface area contributed by atoms with E-state index >= 15 is 0 Å². The molecule has 0 aliphatic heterocycles. The maximum absolute atomic E-state index is 12.7. The Morgan fingerprint density at radius 3 is 2.37 bits per heavy atom. The Morgan fingerprint density at radius 1 is 1.22 bits per heavy atom. The molecule has 0 heterocycles. The van der Waals surface area contributed by atoms with E-state index in [1.807, 2.05) is 32.0 Å². The molecule has 6 nitrogen and oxygen atoms in total. The SMILES string of the molecule is COc1cc(N)c(Cl)cc1C(=O)N(C)CC(=O)Nc1c(C)cccc1C.Cl. The summed E-state index contributed by atoms with van der Waals surface area (Å²) in [5.41, 5.74) is 8.97. The molecule has 0 aliphatic rings. The van der Waals surface area contributed by atoms with Crippen molar-refractivity contribution in [1.29, 1.82) is 0 Å². The highest BCUT2D eigenvalue weighted by Gasteiger charge is 2.21. The number of methoxy groups -OCH3 is 1. The molecule has 2 amide bonds. The van der Waals surface area contributed by atoms with Gasteiger partial charge in [-0.15, -0.1) is 12.4 Å². The lowest BCUT2D eigenvalue weighted by Gasteiger charge is -2.20. The number of anilines is 2. The van der Waals surface area contributed by atoms with E-state index in [0.717, 1.165) is 16.8 Å². The second-order valence-corrected chi connectivity index (χ2v) is 6.46. The van der Waals surface area contributed by atoms with Crippen molar-refractivity contribution in [3.63, 3.8) is 0 Å². The molecule has 2 rings (SSSR count). The number of hydrogen-bond acceptors (Lipinski definition) is 4. The van der Waals surface area contributed by atoms with Crippen LogP contribution in [0.4, 0.5) is 11.4 Å². The van der Waals surface area contributed by atoms with E-state index in [9.17, 15) is 9.59 Å². The molecule has 146 valence electrons. The first-order chi connectivity index (χ1) is 12.2. The molecule has 0 atom stereocenters. The lowest BCUT2D eigenvalue weighted by Crippen LogP contribution is -2.35. The van der Waals surface area contributed by atoms with Crippen molar-refractivity contribution in [2.45, 2.75) is 13.8 Å². The zero-order valence-corrected chi connectivity index (χ0v) is 17.2. The molecular weight excluding hydrogens is 389 g/mol. The summed E-state index contributed by atoms with van der Waals surface area (Å²) in [6.07, 6.45) is 0. The largest absolute Gasteiger partial charge is 0.496 e. The first kappa shape index (κ1) is 22.6. The minimum absolute atomic E-state index is 0. The van der Waals surface area contributed by atoms with Crippen LogP contribution in [0.5, 0.6) is 5.75 Å². The van der Waals surface area contributed by atoms with E-state index in [1.54, 1.807) is 0 Å². The van der Waals surface area contributed by atoms with Crippen LogP contribution in [-0.4, -0.2) is 37.4 Å². The molecule has 0 aromatic heterocycles. The molecule has 27 heavy (non-hydrogen) atoms. The van der Waals surface area contributed by atoms with Crippen molar-refractivity contribution >= 4 is 47.2 Å². The van der Waals surface area contributed by atoms with Crippen LogP contribution in [0, 0.1) is 13.8 Å². The van der Waals surface area contributed by atoms with Crippen LogP contribution < -0.4 is 15.8 Å². The fraction of sp³-hybridized carbons (Fsp3) is 0.263. The van der Waals surface area contributed by atoms with Crippen LogP contribution in [-0.2, 0) is 4.79 Å². The number of halogens is 2. The van der Waals surface area contributed by atoms with Gasteiger partial charge in [0.25, 0.3) is 5.91 Å². The Kier molecular flexibility index (Phi) is 7.94. The van der Waals surface area contributed by atoms with Crippen LogP contribution in [0.1, 0.15) is 21.5 Å². The number of carbonyl (C=O) groups is 2. The lowest BCUT2D eigenvalue weighted by atomic mass is 10.1. The maximum Gasteiger partial charge on any atom is 0.257 e. The van der Waals surface area contributed by atoms with Crippen LogP contribution in [0.2, 0.25) is 5.02 Å². The Bertz CT molecular complexity index is 836. The second-order valence-electron chi connectivity index (χ2n) is 6.05. The van der Waals surface area contributed by atoms with E-state index < -0.39 is 0 Å². The van der Waals surface area contributed by atoms with Crippen LogP contribution in [0.15, 0.2) is 30.3 Å². The van der Waals surface area contributed by atoms with Crippen molar-refractivity contribution in [3.05, 3.63) is 52.0 Å². The van der Waals surface area contributed by atoms with Crippen molar-refractivity contribution in [3.8, 4) is 5.75 Å². The molecule has 0 radical (unpaired) electrons. The van der Waals surface area contributed by atoms with Gasteiger partial charge >= 0.3 is 0 Å². The number of likely N-dealkylation sites (N-methyl/N-ethyl adjacent to an activating group) is 1. The highest BCUT2D eigenvalue weighted by Crippen LogP contribution is 2.29. The summed E-state index contributed by atoms with van der Waals surface area (Å²) >= 11 is 6.01. The summed E-state index contributed by atoms with van der Waals surface area (Å²) in [6.45, 7) is 3.72. The summed E-state index contributed by atoms with van der Waals surface area (Å²) in [6, 6.07) is 8.68. The molecule has 2 aromatic carbocycles. The third-order valence-electron chi connectivity index (χ3n) is 4.02. The summed E-state index contributed by atoms with van der Waals surface area (Å²) in [4.78, 5) is 26.3. The summed E-state index contributed by atoms with van der Waals surface area (Å²) in [5, 5.41) is 3.11. The van der Waals surface area contributed by atoms with Gasteiger partial charge in [0, 0.05) is 18.8 Å². The number of amides is 2. The van der Waals surface area contributed by atoms with Gasteiger partial charge < -0.3 is 20.7 Å². The molecule has 2 aromatic rings. The smallest absolute Gasteiger partial charge is 0.257 e. The first-order valence-corrected chi connectivity index (χ1v) is 8.37. The van der Waals surface area contributed by atoms with Gasteiger partial charge in [-0.1, -0.05) is 29.8 Å². The van der Waals surface area contributed by atoms with E-state index in [-0.39, 0.29) is 41.4 Å². The van der Waals surface area contributed by atoms with E-state index in [4.69, 9.17) is 22.1 Å². The van der Waals surface area contributed by atoms with Crippen molar-refractivity contribution in [2.75, 3.05) is 31.8 Å². The topological polar surface area (TPSA) is 84.7 Å². The Hall–Kier alpha value is -2.44. The second kappa shape index (κ2) is 9.48. The molecule has 0 bridgehead atoms. The molecular formula is C19H23Cl2N3O3. The number of aryl methyl sites for hydroxylation is 2. The normalized spacial score (nSPS) is 9.96. The van der Waals surface area contributed by atoms with Gasteiger partial charge in [-0.25, -0.2) is 0 Å². The molecule has 0 fully saturated rings. The Morgan fingerprint density at radius 2 is 1.81 bits per heavy atom. The number of nitrogens with zero attached hydrogens (tertiary/aromatic N) is 1. The number of carbonyl (C=O) groups excluding carboxylic acids is 2. The molecule has 0 saturated heterocycles. The zero-order chi connectivity index (χ0) is 19.4. The van der Waals surface area contributed by atoms with Crippen LogP contribution in [0.25, 0.3) is 0 Å². The van der Waals surface area contributed by atoms with Gasteiger partial charge in [0.15, 0.2) is 0 Å². The third-order valence-corrected chi connectivity index (χ3v) is 4.35. The number of nitrogens with two attached hydrogens (primary N) is 1. The first-order valence-electron chi connectivity index (χ1n) is 7.99. The summed E-state index contributed by atoms with van der Waals surface area (Å²) in [5.74, 6) is -0.377. The summed E-state index contributed by atoms with van der Waals surface area (Å²) in [7, 11) is 2.98. The van der Waals surface area contributed by atoms with Crippen LogP contribution in [0.3, 0.4) is 0 Å². The van der Waals surface area contributed by atoms with Crippen molar-refractivity contribution < 1.29 is 14.3 Å². The quantitative estimate of drug-likeness (QED) is 0.734. The standard InChI is InChI=1S/C19H22ClN3O3.ClH/c1-11-6-5-7-12(2)18(11)22-17(24)10-23(3)19(25)13-8-14(20)15(21)9-16(13)26-4;/h5-9H,10,21H2,1-4H3,(H,22,24);1H. The minimum atomic E-state index is -0.389. The van der Waals surface area contributed by atoms with Gasteiger partial charge in [-0.2, -0.15) is 0 Å². The average molecular weight is 412 g/mol. The fourth-order valence-corrected chi connectivity index (χ4v) is 2.75. The van der Waals surface area contributed by atoms with Gasteiger partial charge in [0.2, 0.25) is 5.91 Å². The molecule has 8 heteroatoms. The average Bonchev–Trinajstić information content (AvgIpc) is 2.59. The summed E-state index contributed by atoms with van der Waals surface area (Å²) < 4.78 is 5.20. The maximum atomic E-state index is 12.7. The monoisotopic (exact) mass is 411 g/mol. The number of ether oxygens (including phenoxy) is 1. The fourth-order valence-electron chi connectivity index (χ4n) is 2.59. The van der Waals surface area contributed by atoms with Gasteiger partial charge in [-0.3, -0.25) is 9.59 Å². The zero-order valence-electron chi connectivity index (χ0n) is 15.6. The predicted octanol–water partition coefficient (Wildman–Crippen LogP) is 3.68. The molecule has 3 N–H and O–H groups in total. The number of para-hydroxylation sites is 1. The number of hydrogen-bond donors (Lipinski definition) is 2. The molecule has 0 spiro atoms. The highest BCUT2D eigenvalue weighted by molar-refractivity contribution is 6.33. The molecule has 0 saturated carbocycles. The van der Waals surface area contributed by atoms with Crippen molar-refractivity contribution in [2.24, 2.45) is 0 Å². The van der Waals surface area contributed by atoms with Gasteiger partial charge in [0.1, 0.15) is 5.75 Å². The number of nitrogen functional groups attached to an aromatic ring is 1.